The zero-order valence-electron chi connectivity index (χ0n) is 27.8. The number of hydrogen-bond acceptors (Lipinski definition) is 4. The molecular formula is C37H38F5N3O4. The first kappa shape index (κ1) is 37.0. The molecule has 0 aliphatic heterocycles. The summed E-state index contributed by atoms with van der Waals surface area (Å²) in [4.78, 5) is 43.4. The average Bonchev–Trinajstić information content (AvgIpc) is 2.99. The molecule has 0 radical (unpaired) electrons. The molecule has 1 amide bonds. The van der Waals surface area contributed by atoms with Gasteiger partial charge in [-0.3, -0.25) is 19.4 Å². The average molecular weight is 684 g/mol. The number of aliphatic carboxylic acids is 1. The van der Waals surface area contributed by atoms with E-state index < -0.39 is 59.3 Å². The van der Waals surface area contributed by atoms with Gasteiger partial charge in [-0.15, -0.1) is 0 Å². The number of carbonyl (C=O) groups is 2. The van der Waals surface area contributed by atoms with Crippen LogP contribution in [0.25, 0.3) is 11.1 Å². The zero-order valence-corrected chi connectivity index (χ0v) is 27.8. The Balaban J connectivity index is 1.79. The number of carbonyl (C=O) groups excluding carboxylic acids is 1. The number of aromatic nitrogens is 2. The summed E-state index contributed by atoms with van der Waals surface area (Å²) in [6, 6.07) is 8.31. The number of alkyl halides is 3. The van der Waals surface area contributed by atoms with E-state index in [0.717, 1.165) is 10.8 Å². The van der Waals surface area contributed by atoms with Crippen molar-refractivity contribution in [1.29, 1.82) is 0 Å². The Kier molecular flexibility index (Phi) is 11.4. The minimum absolute atomic E-state index is 0.00605. The molecule has 0 unspecified atom stereocenters. The van der Waals surface area contributed by atoms with E-state index in [-0.39, 0.29) is 41.9 Å². The van der Waals surface area contributed by atoms with Crippen molar-refractivity contribution in [2.45, 2.75) is 78.6 Å². The highest BCUT2D eigenvalue weighted by atomic mass is 19.4. The van der Waals surface area contributed by atoms with Crippen molar-refractivity contribution in [2.75, 3.05) is 0 Å². The van der Waals surface area contributed by atoms with Crippen LogP contribution in [-0.4, -0.2) is 26.5 Å². The lowest BCUT2D eigenvalue weighted by Gasteiger charge is -2.27. The van der Waals surface area contributed by atoms with Crippen molar-refractivity contribution in [2.24, 2.45) is 5.92 Å². The minimum Gasteiger partial charge on any atom is -0.481 e. The fourth-order valence-corrected chi connectivity index (χ4v) is 6.14. The van der Waals surface area contributed by atoms with E-state index in [1.807, 2.05) is 0 Å². The Morgan fingerprint density at radius 1 is 0.959 bits per heavy atom. The lowest BCUT2D eigenvalue weighted by atomic mass is 9.90. The maximum absolute atomic E-state index is 15.8. The van der Waals surface area contributed by atoms with Crippen molar-refractivity contribution in [3.8, 4) is 11.1 Å². The number of rotatable bonds is 12. The molecule has 0 aliphatic rings. The molecule has 2 aromatic carbocycles. The van der Waals surface area contributed by atoms with Gasteiger partial charge in [0.2, 0.25) is 5.91 Å². The number of nitrogens with zero attached hydrogens (tertiary/aromatic N) is 2. The molecule has 0 fully saturated rings. The third-order valence-electron chi connectivity index (χ3n) is 8.32. The molecule has 2 heterocycles. The molecule has 2 aromatic heterocycles. The van der Waals surface area contributed by atoms with Gasteiger partial charge in [-0.05, 0) is 116 Å². The van der Waals surface area contributed by atoms with E-state index in [2.05, 4.69) is 10.3 Å². The number of hydrogen-bond donors (Lipinski definition) is 2. The van der Waals surface area contributed by atoms with E-state index in [1.54, 1.807) is 52.0 Å². The van der Waals surface area contributed by atoms with Gasteiger partial charge in [0.15, 0.2) is 0 Å². The fraction of sp³-hybridized carbons (Fsp3) is 0.351. The standard InChI is InChI=1S/C37H38F5N3O4/c1-20(2)12-31(45-19-24(9-10-27-8-6-7-11-43-27)29(17-32(45)46)37(40,41)42)36(49)44-30(18-33(47)48)28-16-25(13-23(5)35(28)39)34-21(3)14-26(38)15-22(34)4/h6-8,11,13-17,19-20,30-31H,9-10,12,18H2,1-5H3,(H,44,49)(H,47,48)/t30-,31-/m1/s1. The number of amides is 1. The molecule has 0 saturated heterocycles. The Bertz CT molecular complexity index is 1880. The molecule has 4 aromatic rings. The van der Waals surface area contributed by atoms with E-state index in [4.69, 9.17) is 0 Å². The van der Waals surface area contributed by atoms with Gasteiger partial charge < -0.3 is 15.0 Å². The molecule has 0 saturated carbocycles. The summed E-state index contributed by atoms with van der Waals surface area (Å²) in [5.41, 5.74) is 0.323. The molecule has 49 heavy (non-hydrogen) atoms. The van der Waals surface area contributed by atoms with Gasteiger partial charge in [0.25, 0.3) is 5.56 Å². The van der Waals surface area contributed by atoms with Gasteiger partial charge in [0, 0.05) is 29.7 Å². The first-order chi connectivity index (χ1) is 23.0. The number of pyridine rings is 2. The van der Waals surface area contributed by atoms with E-state index in [0.29, 0.717) is 34.0 Å². The normalized spacial score (nSPS) is 13.0. The maximum atomic E-state index is 15.8. The summed E-state index contributed by atoms with van der Waals surface area (Å²) in [6.45, 7) is 8.36. The topological polar surface area (TPSA) is 101 Å². The van der Waals surface area contributed by atoms with Crippen LogP contribution >= 0.6 is 0 Å². The minimum atomic E-state index is -4.85. The molecule has 2 atom stereocenters. The van der Waals surface area contributed by atoms with Crippen molar-refractivity contribution in [3.63, 3.8) is 0 Å². The highest BCUT2D eigenvalue weighted by Gasteiger charge is 2.36. The van der Waals surface area contributed by atoms with Crippen molar-refractivity contribution >= 4 is 11.9 Å². The first-order valence-corrected chi connectivity index (χ1v) is 15.8. The van der Waals surface area contributed by atoms with Crippen LogP contribution in [0.5, 0.6) is 0 Å². The summed E-state index contributed by atoms with van der Waals surface area (Å²) < 4.78 is 73.0. The molecule has 0 spiro atoms. The number of carboxylic acid groups (broad SMARTS) is 1. The van der Waals surface area contributed by atoms with Gasteiger partial charge in [0.1, 0.15) is 17.7 Å². The van der Waals surface area contributed by atoms with Crippen molar-refractivity contribution in [1.82, 2.24) is 14.9 Å². The predicted molar refractivity (Wildman–Crippen MR) is 175 cm³/mol. The Morgan fingerprint density at radius 2 is 1.63 bits per heavy atom. The summed E-state index contributed by atoms with van der Waals surface area (Å²) >= 11 is 0. The van der Waals surface area contributed by atoms with Crippen LogP contribution in [0.1, 0.15) is 77.8 Å². The maximum Gasteiger partial charge on any atom is 0.416 e. The third-order valence-corrected chi connectivity index (χ3v) is 8.32. The molecular weight excluding hydrogens is 645 g/mol. The number of nitrogens with one attached hydrogen (secondary N) is 1. The molecule has 0 aliphatic carbocycles. The largest absolute Gasteiger partial charge is 0.481 e. The molecule has 260 valence electrons. The van der Waals surface area contributed by atoms with E-state index >= 15 is 4.39 Å². The second-order valence-corrected chi connectivity index (χ2v) is 12.7. The number of carboxylic acids is 1. The first-order valence-electron chi connectivity index (χ1n) is 15.8. The summed E-state index contributed by atoms with van der Waals surface area (Å²) in [7, 11) is 0. The highest BCUT2D eigenvalue weighted by Crippen LogP contribution is 2.35. The molecule has 7 nitrogen and oxygen atoms in total. The third kappa shape index (κ3) is 8.98. The second-order valence-electron chi connectivity index (χ2n) is 12.7. The van der Waals surface area contributed by atoms with Gasteiger partial charge in [-0.2, -0.15) is 13.2 Å². The van der Waals surface area contributed by atoms with Crippen LogP contribution in [0.2, 0.25) is 0 Å². The van der Waals surface area contributed by atoms with Crippen LogP contribution in [0.4, 0.5) is 22.0 Å². The molecule has 12 heteroatoms. The number of aryl methyl sites for hydroxylation is 5. The Morgan fingerprint density at radius 3 is 2.20 bits per heavy atom. The summed E-state index contributed by atoms with van der Waals surface area (Å²) in [5.74, 6) is -3.67. The summed E-state index contributed by atoms with van der Waals surface area (Å²) in [6.07, 6.45) is -3.04. The van der Waals surface area contributed by atoms with Crippen LogP contribution in [0.3, 0.4) is 0 Å². The van der Waals surface area contributed by atoms with Crippen LogP contribution in [-0.2, 0) is 28.6 Å². The van der Waals surface area contributed by atoms with Gasteiger partial charge in [0.05, 0.1) is 18.0 Å². The molecule has 0 bridgehead atoms. The number of benzene rings is 2. The lowest BCUT2D eigenvalue weighted by Crippen LogP contribution is -2.40. The van der Waals surface area contributed by atoms with Crippen molar-refractivity contribution in [3.05, 3.63) is 122 Å². The van der Waals surface area contributed by atoms with E-state index in [1.165, 1.54) is 31.3 Å². The fourth-order valence-electron chi connectivity index (χ4n) is 6.14. The SMILES string of the molecule is Cc1cc(-c2c(C)cc(F)cc2C)cc([C@@H](CC(=O)O)NC(=O)[C@@H](CC(C)C)n2cc(CCc3ccccn3)c(C(F)(F)F)cc2=O)c1F. The predicted octanol–water partition coefficient (Wildman–Crippen LogP) is 7.84. The van der Waals surface area contributed by atoms with Crippen LogP contribution < -0.4 is 10.9 Å². The van der Waals surface area contributed by atoms with Gasteiger partial charge in [-0.1, -0.05) is 19.9 Å². The van der Waals surface area contributed by atoms with Gasteiger partial charge in [-0.25, -0.2) is 8.78 Å². The Hall–Kier alpha value is -4.87. The van der Waals surface area contributed by atoms with Gasteiger partial charge >= 0.3 is 12.1 Å². The monoisotopic (exact) mass is 683 g/mol. The Labute approximate surface area is 280 Å². The van der Waals surface area contributed by atoms with Crippen LogP contribution in [0.15, 0.2) is 65.7 Å². The highest BCUT2D eigenvalue weighted by molar-refractivity contribution is 5.82. The smallest absolute Gasteiger partial charge is 0.416 e. The number of halogens is 5. The van der Waals surface area contributed by atoms with E-state index in [9.17, 15) is 37.1 Å². The van der Waals surface area contributed by atoms with Crippen LogP contribution in [0, 0.1) is 38.3 Å². The summed E-state index contributed by atoms with van der Waals surface area (Å²) in [5, 5.41) is 12.4. The lowest BCUT2D eigenvalue weighted by molar-refractivity contribution is -0.139. The van der Waals surface area contributed by atoms with Crippen molar-refractivity contribution < 1.29 is 36.6 Å². The molecule has 2 N–H and O–H groups in total. The quantitative estimate of drug-likeness (QED) is 0.148. The molecule has 4 rings (SSSR count). The second kappa shape index (κ2) is 15.1. The zero-order chi connectivity index (χ0) is 36.2.